The molecule has 0 saturated carbocycles. The first-order valence-corrected chi connectivity index (χ1v) is 8.61. The lowest BCUT2D eigenvalue weighted by atomic mass is 10.1. The van der Waals surface area contributed by atoms with E-state index in [1.807, 2.05) is 83.8 Å². The fraction of sp³-hybridized carbons (Fsp3) is 0.0435. The number of benzene rings is 3. The third-order valence-corrected chi connectivity index (χ3v) is 4.27. The molecule has 1 aromatic heterocycles. The smallest absolute Gasteiger partial charge is 0.101 e. The normalized spacial score (nSPS) is 11.1. The van der Waals surface area contributed by atoms with Gasteiger partial charge in [-0.1, -0.05) is 66.7 Å². The average molecular weight is 337 g/mol. The Balaban J connectivity index is 1.80. The van der Waals surface area contributed by atoms with Gasteiger partial charge in [0, 0.05) is 23.5 Å². The second-order valence-corrected chi connectivity index (χ2v) is 6.12. The van der Waals surface area contributed by atoms with Crippen molar-refractivity contribution < 1.29 is 0 Å². The number of hydrogen-bond acceptors (Lipinski definition) is 2. The van der Waals surface area contributed by atoms with Gasteiger partial charge in [0.25, 0.3) is 0 Å². The molecule has 0 unspecified atom stereocenters. The molecule has 0 saturated heterocycles. The zero-order chi connectivity index (χ0) is 17.8. The van der Waals surface area contributed by atoms with Crippen LogP contribution in [-0.4, -0.2) is 16.0 Å². The molecular formula is C23H19N3. The standard InChI is InChI=1S/C23H19N3/c1-18-10-8-9-15-22(18)24-16-20-17-26(21-13-6-3-7-14-21)25-23(20)19-11-4-2-5-12-19/h2-17H,1H3. The first kappa shape index (κ1) is 16.0. The number of hydrogen-bond donors (Lipinski definition) is 0. The van der Waals surface area contributed by atoms with Crippen molar-refractivity contribution in [2.24, 2.45) is 4.99 Å². The highest BCUT2D eigenvalue weighted by Gasteiger charge is 2.10. The molecule has 3 heteroatoms. The van der Waals surface area contributed by atoms with Crippen LogP contribution in [0.3, 0.4) is 0 Å². The molecule has 0 bridgehead atoms. The van der Waals surface area contributed by atoms with Gasteiger partial charge in [-0.25, -0.2) is 4.68 Å². The molecule has 0 spiro atoms. The fourth-order valence-electron chi connectivity index (χ4n) is 2.86. The van der Waals surface area contributed by atoms with E-state index in [1.165, 1.54) is 0 Å². The predicted octanol–water partition coefficient (Wildman–Crippen LogP) is 5.60. The second kappa shape index (κ2) is 7.19. The van der Waals surface area contributed by atoms with Gasteiger partial charge in [0.1, 0.15) is 5.69 Å². The summed E-state index contributed by atoms with van der Waals surface area (Å²) in [5, 5.41) is 4.81. The highest BCUT2D eigenvalue weighted by Crippen LogP contribution is 2.24. The van der Waals surface area contributed by atoms with E-state index in [4.69, 9.17) is 10.1 Å². The number of aliphatic imine (C=N–C) groups is 1. The van der Waals surface area contributed by atoms with Crippen LogP contribution in [-0.2, 0) is 0 Å². The van der Waals surface area contributed by atoms with Crippen LogP contribution >= 0.6 is 0 Å². The van der Waals surface area contributed by atoms with Crippen LogP contribution in [0.25, 0.3) is 16.9 Å². The summed E-state index contributed by atoms with van der Waals surface area (Å²) in [6.45, 7) is 2.07. The Morgan fingerprint density at radius 3 is 2.19 bits per heavy atom. The second-order valence-electron chi connectivity index (χ2n) is 6.12. The number of nitrogens with zero attached hydrogens (tertiary/aromatic N) is 3. The Morgan fingerprint density at radius 1 is 0.808 bits per heavy atom. The first-order valence-electron chi connectivity index (χ1n) is 8.61. The molecule has 126 valence electrons. The number of aromatic nitrogens is 2. The largest absolute Gasteiger partial charge is 0.256 e. The minimum absolute atomic E-state index is 0.923. The summed E-state index contributed by atoms with van der Waals surface area (Å²) in [4.78, 5) is 4.69. The summed E-state index contributed by atoms with van der Waals surface area (Å²) in [7, 11) is 0. The van der Waals surface area contributed by atoms with Gasteiger partial charge < -0.3 is 0 Å². The molecular weight excluding hydrogens is 318 g/mol. The van der Waals surface area contributed by atoms with E-state index < -0.39 is 0 Å². The quantitative estimate of drug-likeness (QED) is 0.446. The van der Waals surface area contributed by atoms with Gasteiger partial charge in [0.15, 0.2) is 0 Å². The molecule has 0 N–H and O–H groups in total. The van der Waals surface area contributed by atoms with Crippen LogP contribution in [0.15, 0.2) is 96.1 Å². The summed E-state index contributed by atoms with van der Waals surface area (Å²) in [6, 6.07) is 28.5. The van der Waals surface area contributed by atoms with Crippen LogP contribution in [0.4, 0.5) is 5.69 Å². The SMILES string of the molecule is Cc1ccccc1N=Cc1cn(-c2ccccc2)nc1-c1ccccc1. The van der Waals surface area contributed by atoms with Crippen molar-refractivity contribution >= 4 is 11.9 Å². The molecule has 0 atom stereocenters. The highest BCUT2D eigenvalue weighted by atomic mass is 15.3. The van der Waals surface area contributed by atoms with E-state index >= 15 is 0 Å². The van der Waals surface area contributed by atoms with Crippen LogP contribution in [0, 0.1) is 6.92 Å². The Bertz CT molecular complexity index is 1030. The van der Waals surface area contributed by atoms with Gasteiger partial charge in [-0.05, 0) is 30.7 Å². The van der Waals surface area contributed by atoms with Gasteiger partial charge in [0.05, 0.1) is 11.4 Å². The number of para-hydroxylation sites is 2. The molecule has 3 nitrogen and oxygen atoms in total. The maximum Gasteiger partial charge on any atom is 0.101 e. The molecule has 4 rings (SSSR count). The van der Waals surface area contributed by atoms with E-state index in [1.54, 1.807) is 0 Å². The van der Waals surface area contributed by atoms with Crippen molar-refractivity contribution in [1.82, 2.24) is 9.78 Å². The maximum absolute atomic E-state index is 4.81. The maximum atomic E-state index is 4.81. The minimum Gasteiger partial charge on any atom is -0.256 e. The van der Waals surface area contributed by atoms with E-state index in [0.717, 1.165) is 33.8 Å². The molecule has 0 amide bonds. The first-order chi connectivity index (χ1) is 12.8. The summed E-state index contributed by atoms with van der Waals surface area (Å²) < 4.78 is 1.90. The van der Waals surface area contributed by atoms with Crippen molar-refractivity contribution in [2.75, 3.05) is 0 Å². The van der Waals surface area contributed by atoms with Gasteiger partial charge in [-0.2, -0.15) is 5.10 Å². The summed E-state index contributed by atoms with van der Waals surface area (Å²) in [5.41, 5.74) is 6.14. The zero-order valence-corrected chi connectivity index (χ0v) is 14.6. The molecule has 4 aromatic rings. The molecule has 0 aliphatic rings. The number of rotatable bonds is 4. The third-order valence-electron chi connectivity index (χ3n) is 4.27. The lowest BCUT2D eigenvalue weighted by Crippen LogP contribution is -1.93. The molecule has 0 aliphatic heterocycles. The monoisotopic (exact) mass is 337 g/mol. The van der Waals surface area contributed by atoms with Gasteiger partial charge in [0.2, 0.25) is 0 Å². The molecule has 3 aromatic carbocycles. The molecule has 0 radical (unpaired) electrons. The van der Waals surface area contributed by atoms with Crippen molar-refractivity contribution in [3.8, 4) is 16.9 Å². The average Bonchev–Trinajstić information content (AvgIpc) is 3.13. The van der Waals surface area contributed by atoms with Crippen LogP contribution in [0.1, 0.15) is 11.1 Å². The van der Waals surface area contributed by atoms with E-state index in [0.29, 0.717) is 0 Å². The van der Waals surface area contributed by atoms with Gasteiger partial charge >= 0.3 is 0 Å². The third kappa shape index (κ3) is 3.33. The van der Waals surface area contributed by atoms with Gasteiger partial charge in [-0.15, -0.1) is 0 Å². The number of aryl methyl sites for hydroxylation is 1. The van der Waals surface area contributed by atoms with Crippen LogP contribution in [0.5, 0.6) is 0 Å². The Labute approximate surface area is 153 Å². The summed E-state index contributed by atoms with van der Waals surface area (Å²) in [5.74, 6) is 0. The van der Waals surface area contributed by atoms with Crippen molar-refractivity contribution in [2.45, 2.75) is 6.92 Å². The lowest BCUT2D eigenvalue weighted by Gasteiger charge is -2.00. The van der Waals surface area contributed by atoms with Crippen LogP contribution < -0.4 is 0 Å². The molecule has 0 fully saturated rings. The van der Waals surface area contributed by atoms with E-state index in [-0.39, 0.29) is 0 Å². The van der Waals surface area contributed by atoms with E-state index in [9.17, 15) is 0 Å². The summed E-state index contributed by atoms with van der Waals surface area (Å²) >= 11 is 0. The van der Waals surface area contributed by atoms with E-state index in [2.05, 4.69) is 25.1 Å². The van der Waals surface area contributed by atoms with Crippen molar-refractivity contribution in [3.05, 3.63) is 102 Å². The Morgan fingerprint density at radius 2 is 1.46 bits per heavy atom. The van der Waals surface area contributed by atoms with Crippen molar-refractivity contribution in [3.63, 3.8) is 0 Å². The van der Waals surface area contributed by atoms with Crippen LogP contribution in [0.2, 0.25) is 0 Å². The lowest BCUT2D eigenvalue weighted by molar-refractivity contribution is 0.884. The molecule has 0 aliphatic carbocycles. The Kier molecular flexibility index (Phi) is 4.44. The minimum atomic E-state index is 0.923. The molecule has 26 heavy (non-hydrogen) atoms. The fourth-order valence-corrected chi connectivity index (χ4v) is 2.86. The molecule has 1 heterocycles. The van der Waals surface area contributed by atoms with Gasteiger partial charge in [-0.3, -0.25) is 4.99 Å². The summed E-state index contributed by atoms with van der Waals surface area (Å²) in [6.07, 6.45) is 3.93. The predicted molar refractivity (Wildman–Crippen MR) is 107 cm³/mol. The topological polar surface area (TPSA) is 30.2 Å². The Hall–Kier alpha value is -3.46. The van der Waals surface area contributed by atoms with Crippen molar-refractivity contribution in [1.29, 1.82) is 0 Å². The highest BCUT2D eigenvalue weighted by molar-refractivity contribution is 5.90. The zero-order valence-electron chi connectivity index (χ0n) is 14.6.